The van der Waals surface area contributed by atoms with Gasteiger partial charge in [0.05, 0.1) is 6.20 Å². The van der Waals surface area contributed by atoms with Crippen LogP contribution in [-0.4, -0.2) is 50.0 Å². The fourth-order valence-corrected chi connectivity index (χ4v) is 1.63. The number of carboxylic acids is 1. The van der Waals surface area contributed by atoms with Crippen molar-refractivity contribution in [2.45, 2.75) is 33.2 Å². The van der Waals surface area contributed by atoms with Gasteiger partial charge < -0.3 is 10.0 Å². The first kappa shape index (κ1) is 14.1. The number of aromatic carboxylic acids is 1. The van der Waals surface area contributed by atoms with Gasteiger partial charge in [-0.05, 0) is 20.3 Å². The SMILES string of the molecule is CCN(CC)C(=O)CCCn1cc(C(=O)O)nn1. The molecule has 1 heterocycles. The summed E-state index contributed by atoms with van der Waals surface area (Å²) in [5.74, 6) is -0.987. The summed E-state index contributed by atoms with van der Waals surface area (Å²) >= 11 is 0. The summed E-state index contributed by atoms with van der Waals surface area (Å²) in [6.07, 6.45) is 2.42. The topological polar surface area (TPSA) is 88.3 Å². The number of carboxylic acid groups (broad SMARTS) is 1. The quantitative estimate of drug-likeness (QED) is 0.770. The Hall–Kier alpha value is -1.92. The van der Waals surface area contributed by atoms with Crippen LogP contribution in [0.25, 0.3) is 0 Å². The van der Waals surface area contributed by atoms with Gasteiger partial charge >= 0.3 is 5.97 Å². The Kier molecular flexibility index (Phi) is 5.29. The molecule has 0 fully saturated rings. The third kappa shape index (κ3) is 3.83. The van der Waals surface area contributed by atoms with Crippen molar-refractivity contribution in [3.8, 4) is 0 Å². The molecule has 0 aliphatic carbocycles. The smallest absolute Gasteiger partial charge is 0.358 e. The maximum absolute atomic E-state index is 11.7. The van der Waals surface area contributed by atoms with E-state index in [2.05, 4.69) is 10.3 Å². The molecule has 7 nitrogen and oxygen atoms in total. The number of nitrogens with zero attached hydrogens (tertiary/aromatic N) is 4. The lowest BCUT2D eigenvalue weighted by Crippen LogP contribution is -2.30. The largest absolute Gasteiger partial charge is 0.476 e. The van der Waals surface area contributed by atoms with Gasteiger partial charge in [0.25, 0.3) is 0 Å². The summed E-state index contributed by atoms with van der Waals surface area (Å²) in [6.45, 7) is 5.80. The van der Waals surface area contributed by atoms with Gasteiger partial charge in [-0.25, -0.2) is 4.79 Å². The zero-order valence-corrected chi connectivity index (χ0v) is 10.7. The first-order valence-electron chi connectivity index (χ1n) is 5.99. The van der Waals surface area contributed by atoms with Crippen LogP contribution in [0.5, 0.6) is 0 Å². The molecular weight excluding hydrogens is 236 g/mol. The molecule has 0 unspecified atom stereocenters. The average Bonchev–Trinajstić information content (AvgIpc) is 2.79. The van der Waals surface area contributed by atoms with Crippen molar-refractivity contribution in [3.63, 3.8) is 0 Å². The minimum absolute atomic E-state index is 0.0786. The van der Waals surface area contributed by atoms with Crippen LogP contribution in [0.15, 0.2) is 6.20 Å². The molecule has 1 aromatic heterocycles. The molecule has 1 rings (SSSR count). The lowest BCUT2D eigenvalue weighted by molar-refractivity contribution is -0.130. The van der Waals surface area contributed by atoms with Crippen LogP contribution < -0.4 is 0 Å². The summed E-state index contributed by atoms with van der Waals surface area (Å²) in [4.78, 5) is 24.1. The highest BCUT2D eigenvalue weighted by molar-refractivity contribution is 5.84. The summed E-state index contributed by atoms with van der Waals surface area (Å²) in [7, 11) is 0. The lowest BCUT2D eigenvalue weighted by Gasteiger charge is -2.18. The van der Waals surface area contributed by atoms with Crippen LogP contribution in [0.4, 0.5) is 0 Å². The monoisotopic (exact) mass is 254 g/mol. The maximum Gasteiger partial charge on any atom is 0.358 e. The Morgan fingerprint density at radius 3 is 2.56 bits per heavy atom. The molecule has 0 aromatic carbocycles. The number of carbonyl (C=O) groups excluding carboxylic acids is 1. The number of carbonyl (C=O) groups is 2. The Balaban J connectivity index is 2.37. The lowest BCUT2D eigenvalue weighted by atomic mass is 10.2. The van der Waals surface area contributed by atoms with Gasteiger partial charge in [0.1, 0.15) is 0 Å². The highest BCUT2D eigenvalue weighted by Crippen LogP contribution is 2.01. The fourth-order valence-electron chi connectivity index (χ4n) is 1.63. The highest BCUT2D eigenvalue weighted by Gasteiger charge is 2.10. The Labute approximate surface area is 105 Å². The minimum atomic E-state index is -1.10. The standard InChI is InChI=1S/C11H18N4O3/c1-3-14(4-2)10(16)6-5-7-15-8-9(11(17)18)12-13-15/h8H,3-7H2,1-2H3,(H,17,18). The fraction of sp³-hybridized carbons (Fsp3) is 0.636. The van der Waals surface area contributed by atoms with Crippen LogP contribution in [0.3, 0.4) is 0 Å². The van der Waals surface area contributed by atoms with E-state index in [4.69, 9.17) is 5.11 Å². The molecular formula is C11H18N4O3. The molecule has 0 aliphatic rings. The second kappa shape index (κ2) is 6.73. The highest BCUT2D eigenvalue weighted by atomic mass is 16.4. The first-order chi connectivity index (χ1) is 8.58. The molecule has 0 saturated heterocycles. The van der Waals surface area contributed by atoms with E-state index in [-0.39, 0.29) is 11.6 Å². The normalized spacial score (nSPS) is 10.3. The Morgan fingerprint density at radius 1 is 1.39 bits per heavy atom. The van der Waals surface area contributed by atoms with Gasteiger partial charge in [-0.2, -0.15) is 0 Å². The molecule has 0 aliphatic heterocycles. The van der Waals surface area contributed by atoms with Crippen molar-refractivity contribution in [2.24, 2.45) is 0 Å². The van der Waals surface area contributed by atoms with Crippen molar-refractivity contribution < 1.29 is 14.7 Å². The summed E-state index contributed by atoms with van der Waals surface area (Å²) in [6, 6.07) is 0. The number of hydrogen-bond acceptors (Lipinski definition) is 4. The molecule has 1 amide bonds. The van der Waals surface area contributed by atoms with Gasteiger partial charge in [0.15, 0.2) is 5.69 Å². The average molecular weight is 254 g/mol. The van der Waals surface area contributed by atoms with Crippen LogP contribution in [0.2, 0.25) is 0 Å². The molecule has 0 spiro atoms. The number of hydrogen-bond donors (Lipinski definition) is 1. The number of amides is 1. The summed E-state index contributed by atoms with van der Waals surface area (Å²) in [5, 5.41) is 15.9. The van der Waals surface area contributed by atoms with Crippen molar-refractivity contribution in [1.29, 1.82) is 0 Å². The molecule has 7 heteroatoms. The molecule has 18 heavy (non-hydrogen) atoms. The van der Waals surface area contributed by atoms with Crippen LogP contribution in [-0.2, 0) is 11.3 Å². The molecule has 0 atom stereocenters. The molecule has 0 bridgehead atoms. The van der Waals surface area contributed by atoms with Crippen molar-refractivity contribution in [3.05, 3.63) is 11.9 Å². The van der Waals surface area contributed by atoms with Crippen LogP contribution in [0.1, 0.15) is 37.2 Å². The molecule has 1 N–H and O–H groups in total. The zero-order valence-electron chi connectivity index (χ0n) is 10.7. The second-order valence-electron chi connectivity index (χ2n) is 3.84. The van der Waals surface area contributed by atoms with E-state index in [9.17, 15) is 9.59 Å². The summed E-state index contributed by atoms with van der Waals surface area (Å²) in [5.41, 5.74) is -0.0786. The van der Waals surface area contributed by atoms with E-state index < -0.39 is 5.97 Å². The van der Waals surface area contributed by atoms with Crippen molar-refractivity contribution in [1.82, 2.24) is 19.9 Å². The Morgan fingerprint density at radius 2 is 2.06 bits per heavy atom. The molecule has 1 aromatic rings. The van der Waals surface area contributed by atoms with Crippen molar-refractivity contribution in [2.75, 3.05) is 13.1 Å². The van der Waals surface area contributed by atoms with E-state index in [1.165, 1.54) is 10.9 Å². The van der Waals surface area contributed by atoms with Gasteiger partial charge in [0.2, 0.25) is 5.91 Å². The van der Waals surface area contributed by atoms with E-state index in [0.29, 0.717) is 32.5 Å². The number of aromatic nitrogens is 3. The van der Waals surface area contributed by atoms with Gasteiger partial charge in [0, 0.05) is 26.1 Å². The van der Waals surface area contributed by atoms with Crippen LogP contribution >= 0.6 is 0 Å². The van der Waals surface area contributed by atoms with E-state index in [1.54, 1.807) is 4.90 Å². The Bertz CT molecular complexity index is 412. The third-order valence-corrected chi connectivity index (χ3v) is 2.65. The molecule has 0 saturated carbocycles. The van der Waals surface area contributed by atoms with E-state index in [1.807, 2.05) is 13.8 Å². The molecule has 100 valence electrons. The second-order valence-corrected chi connectivity index (χ2v) is 3.84. The third-order valence-electron chi connectivity index (χ3n) is 2.65. The predicted molar refractivity (Wildman–Crippen MR) is 64.1 cm³/mol. The van der Waals surface area contributed by atoms with Crippen LogP contribution in [0, 0.1) is 0 Å². The van der Waals surface area contributed by atoms with E-state index >= 15 is 0 Å². The van der Waals surface area contributed by atoms with Gasteiger partial charge in [-0.15, -0.1) is 5.10 Å². The zero-order chi connectivity index (χ0) is 13.5. The maximum atomic E-state index is 11.7. The number of aryl methyl sites for hydroxylation is 1. The van der Waals surface area contributed by atoms with Crippen molar-refractivity contribution >= 4 is 11.9 Å². The number of rotatable bonds is 7. The minimum Gasteiger partial charge on any atom is -0.476 e. The molecule has 0 radical (unpaired) electrons. The van der Waals surface area contributed by atoms with E-state index in [0.717, 1.165) is 0 Å². The predicted octanol–water partition coefficient (Wildman–Crippen LogP) is 0.625. The summed E-state index contributed by atoms with van der Waals surface area (Å²) < 4.78 is 1.44. The van der Waals surface area contributed by atoms with Gasteiger partial charge in [-0.1, -0.05) is 5.21 Å². The first-order valence-corrected chi connectivity index (χ1v) is 5.99. The van der Waals surface area contributed by atoms with Gasteiger partial charge in [-0.3, -0.25) is 9.48 Å².